The van der Waals surface area contributed by atoms with E-state index in [1.807, 2.05) is 10.8 Å². The van der Waals surface area contributed by atoms with Gasteiger partial charge in [-0.25, -0.2) is 4.98 Å². The van der Waals surface area contributed by atoms with Crippen molar-refractivity contribution < 1.29 is 9.66 Å². The minimum atomic E-state index is -0.450. The van der Waals surface area contributed by atoms with Crippen LogP contribution >= 0.6 is 0 Å². The highest BCUT2D eigenvalue weighted by Gasteiger charge is 2.10. The van der Waals surface area contributed by atoms with Crippen LogP contribution in [0.25, 0.3) is 0 Å². The van der Waals surface area contributed by atoms with Crippen molar-refractivity contribution in [3.63, 3.8) is 0 Å². The van der Waals surface area contributed by atoms with Crippen molar-refractivity contribution in [3.8, 4) is 5.75 Å². The van der Waals surface area contributed by atoms with Gasteiger partial charge in [0, 0.05) is 36.6 Å². The van der Waals surface area contributed by atoms with E-state index in [0.717, 1.165) is 0 Å². The van der Waals surface area contributed by atoms with Gasteiger partial charge >= 0.3 is 0 Å². The molecule has 2 aromatic rings. The molecule has 0 aliphatic heterocycles. The van der Waals surface area contributed by atoms with Crippen molar-refractivity contribution in [2.45, 2.75) is 13.1 Å². The van der Waals surface area contributed by atoms with E-state index in [9.17, 15) is 10.1 Å². The van der Waals surface area contributed by atoms with E-state index in [1.165, 1.54) is 12.1 Å². The summed E-state index contributed by atoms with van der Waals surface area (Å²) in [5.74, 6) is 0.577. The Hall–Kier alpha value is -2.41. The summed E-state index contributed by atoms with van der Waals surface area (Å²) in [4.78, 5) is 14.1. The Morgan fingerprint density at radius 2 is 2.32 bits per heavy atom. The summed E-state index contributed by atoms with van der Waals surface area (Å²) in [6, 6.07) is 4.42. The first-order valence-electron chi connectivity index (χ1n) is 5.76. The maximum atomic E-state index is 10.7. The van der Waals surface area contributed by atoms with Gasteiger partial charge in [-0.3, -0.25) is 10.1 Å². The summed E-state index contributed by atoms with van der Waals surface area (Å²) in [6.45, 7) is 1.30. The molecule has 2 N–H and O–H groups in total. The Bertz CT molecular complexity index is 554. The zero-order valence-electron chi connectivity index (χ0n) is 10.2. The van der Waals surface area contributed by atoms with Crippen LogP contribution in [-0.2, 0) is 13.1 Å². The minimum absolute atomic E-state index is 0.0161. The Morgan fingerprint density at radius 3 is 2.95 bits per heavy atom. The Balaban J connectivity index is 2.01. The highest BCUT2D eigenvalue weighted by Crippen LogP contribution is 2.23. The lowest BCUT2D eigenvalue weighted by atomic mass is 10.2. The van der Waals surface area contributed by atoms with E-state index in [2.05, 4.69) is 4.98 Å². The van der Waals surface area contributed by atoms with Crippen LogP contribution in [0.2, 0.25) is 0 Å². The van der Waals surface area contributed by atoms with Crippen LogP contribution in [0, 0.1) is 10.1 Å². The number of hydrogen-bond acceptors (Lipinski definition) is 5. The number of hydrogen-bond donors (Lipinski definition) is 1. The molecule has 0 aliphatic rings. The molecule has 0 saturated heterocycles. The maximum Gasteiger partial charge on any atom is 0.270 e. The summed E-state index contributed by atoms with van der Waals surface area (Å²) < 4.78 is 7.47. The predicted octanol–water partition coefficient (Wildman–Crippen LogP) is 1.33. The third-order valence-electron chi connectivity index (χ3n) is 2.64. The summed E-state index contributed by atoms with van der Waals surface area (Å²) in [6.07, 6.45) is 5.23. The molecule has 0 spiro atoms. The molecule has 7 heteroatoms. The average molecular weight is 262 g/mol. The van der Waals surface area contributed by atoms with Crippen molar-refractivity contribution >= 4 is 5.69 Å². The number of non-ortho nitro benzene ring substituents is 1. The fourth-order valence-corrected chi connectivity index (χ4v) is 1.66. The van der Waals surface area contributed by atoms with Gasteiger partial charge in [-0.1, -0.05) is 0 Å². The molecule has 19 heavy (non-hydrogen) atoms. The van der Waals surface area contributed by atoms with Crippen LogP contribution in [-0.4, -0.2) is 21.1 Å². The number of benzene rings is 1. The molecule has 0 radical (unpaired) electrons. The molecule has 100 valence electrons. The molecule has 0 atom stereocenters. The number of ether oxygens (including phenoxy) is 1. The molecule has 1 aromatic heterocycles. The van der Waals surface area contributed by atoms with E-state index in [1.54, 1.807) is 18.6 Å². The van der Waals surface area contributed by atoms with Gasteiger partial charge in [0.1, 0.15) is 12.4 Å². The molecule has 0 amide bonds. The fourth-order valence-electron chi connectivity index (χ4n) is 1.66. The highest BCUT2D eigenvalue weighted by atomic mass is 16.6. The number of nitro benzene ring substituents is 1. The molecule has 0 saturated carbocycles. The van der Waals surface area contributed by atoms with Crippen LogP contribution in [0.3, 0.4) is 0 Å². The van der Waals surface area contributed by atoms with Gasteiger partial charge < -0.3 is 15.0 Å². The molecule has 1 heterocycles. The zero-order chi connectivity index (χ0) is 13.7. The normalized spacial score (nSPS) is 10.4. The minimum Gasteiger partial charge on any atom is -0.491 e. The quantitative estimate of drug-likeness (QED) is 0.625. The highest BCUT2D eigenvalue weighted by molar-refractivity contribution is 5.43. The van der Waals surface area contributed by atoms with Crippen molar-refractivity contribution in [1.82, 2.24) is 9.55 Å². The number of nitrogens with zero attached hydrogens (tertiary/aromatic N) is 3. The first-order valence-corrected chi connectivity index (χ1v) is 5.76. The smallest absolute Gasteiger partial charge is 0.270 e. The van der Waals surface area contributed by atoms with Crippen molar-refractivity contribution in [2.24, 2.45) is 5.73 Å². The second-order valence-electron chi connectivity index (χ2n) is 3.90. The largest absolute Gasteiger partial charge is 0.491 e. The van der Waals surface area contributed by atoms with Gasteiger partial charge in [0.25, 0.3) is 5.69 Å². The second kappa shape index (κ2) is 5.96. The molecule has 0 unspecified atom stereocenters. The summed E-state index contributed by atoms with van der Waals surface area (Å²) in [7, 11) is 0. The maximum absolute atomic E-state index is 10.7. The van der Waals surface area contributed by atoms with Crippen LogP contribution in [0.5, 0.6) is 5.75 Å². The summed E-state index contributed by atoms with van der Waals surface area (Å²) in [5, 5.41) is 10.7. The van der Waals surface area contributed by atoms with Crippen LogP contribution < -0.4 is 10.5 Å². The number of rotatable bonds is 6. The molecule has 0 fully saturated rings. The predicted molar refractivity (Wildman–Crippen MR) is 68.7 cm³/mol. The molecular formula is C12H14N4O3. The van der Waals surface area contributed by atoms with E-state index in [0.29, 0.717) is 24.5 Å². The number of aromatic nitrogens is 2. The number of imidazole rings is 1. The van der Waals surface area contributed by atoms with Crippen LogP contribution in [0.15, 0.2) is 36.9 Å². The summed E-state index contributed by atoms with van der Waals surface area (Å²) >= 11 is 0. The molecule has 0 aliphatic carbocycles. The zero-order valence-corrected chi connectivity index (χ0v) is 10.2. The number of nitro groups is 1. The van der Waals surface area contributed by atoms with E-state index >= 15 is 0 Å². The molecule has 7 nitrogen and oxygen atoms in total. The molecular weight excluding hydrogens is 248 g/mol. The van der Waals surface area contributed by atoms with Gasteiger partial charge in [-0.05, 0) is 6.07 Å². The number of nitrogens with two attached hydrogens (primary N) is 1. The Kier molecular flexibility index (Phi) is 4.09. The summed E-state index contributed by atoms with van der Waals surface area (Å²) in [5.41, 5.74) is 6.21. The van der Waals surface area contributed by atoms with Gasteiger partial charge in [-0.2, -0.15) is 0 Å². The average Bonchev–Trinajstić information content (AvgIpc) is 2.92. The second-order valence-corrected chi connectivity index (χ2v) is 3.90. The van der Waals surface area contributed by atoms with Crippen LogP contribution in [0.4, 0.5) is 5.69 Å². The lowest BCUT2D eigenvalue weighted by Crippen LogP contribution is -2.09. The van der Waals surface area contributed by atoms with Crippen molar-refractivity contribution in [3.05, 3.63) is 52.6 Å². The third-order valence-corrected chi connectivity index (χ3v) is 2.64. The lowest BCUT2D eigenvalue weighted by molar-refractivity contribution is -0.384. The lowest BCUT2D eigenvalue weighted by Gasteiger charge is -2.10. The molecule has 2 rings (SSSR count). The molecule has 1 aromatic carbocycles. The van der Waals surface area contributed by atoms with Crippen LogP contribution in [0.1, 0.15) is 5.56 Å². The first-order chi connectivity index (χ1) is 9.20. The van der Waals surface area contributed by atoms with Gasteiger partial charge in [0.2, 0.25) is 0 Å². The standard InChI is InChI=1S/C12H14N4O3/c13-8-10-7-11(16(17)18)1-2-12(10)19-6-5-15-4-3-14-9-15/h1-4,7,9H,5-6,8,13H2. The third kappa shape index (κ3) is 3.29. The van der Waals surface area contributed by atoms with Crippen molar-refractivity contribution in [2.75, 3.05) is 6.61 Å². The monoisotopic (exact) mass is 262 g/mol. The SMILES string of the molecule is NCc1cc([N+](=O)[O-])ccc1OCCn1ccnc1. The molecule has 0 bridgehead atoms. The topological polar surface area (TPSA) is 96.2 Å². The van der Waals surface area contributed by atoms with E-state index in [-0.39, 0.29) is 12.2 Å². The first kappa shape index (κ1) is 13.0. The van der Waals surface area contributed by atoms with Crippen molar-refractivity contribution in [1.29, 1.82) is 0 Å². The van der Waals surface area contributed by atoms with E-state index < -0.39 is 4.92 Å². The fraction of sp³-hybridized carbons (Fsp3) is 0.250. The van der Waals surface area contributed by atoms with E-state index in [4.69, 9.17) is 10.5 Å². The Labute approximate surface area is 109 Å². The Morgan fingerprint density at radius 1 is 1.47 bits per heavy atom. The van der Waals surface area contributed by atoms with Gasteiger partial charge in [0.05, 0.1) is 17.8 Å². The van der Waals surface area contributed by atoms with Gasteiger partial charge in [-0.15, -0.1) is 0 Å². The van der Waals surface area contributed by atoms with Gasteiger partial charge in [0.15, 0.2) is 0 Å².